The van der Waals surface area contributed by atoms with E-state index in [1.165, 1.54) is 135 Å². The molecule has 3 rings (SSSR count). The molecule has 0 amide bonds. The number of allylic oxidation sites excluding steroid dienone is 6. The normalized spacial score (nSPS) is 28.7. The first-order valence-electron chi connectivity index (χ1n) is 21.2. The first-order chi connectivity index (χ1) is 22.7. The predicted octanol–water partition coefficient (Wildman–Crippen LogP) is 15.0. The van der Waals surface area contributed by atoms with E-state index in [2.05, 4.69) is 71.9 Å². The minimum atomic E-state index is 0.300. The summed E-state index contributed by atoms with van der Waals surface area (Å²) in [6.45, 7) is 14.8. The third-order valence-electron chi connectivity index (χ3n) is 13.4. The lowest BCUT2D eigenvalue weighted by Gasteiger charge is -2.49. The van der Waals surface area contributed by atoms with Gasteiger partial charge in [0.05, 0.1) is 0 Å². The van der Waals surface area contributed by atoms with E-state index in [0.717, 1.165) is 55.8 Å². The van der Waals surface area contributed by atoms with Gasteiger partial charge in [-0.15, -0.1) is 0 Å². The summed E-state index contributed by atoms with van der Waals surface area (Å²) in [6.07, 6.45) is 45.4. The van der Waals surface area contributed by atoms with Gasteiger partial charge < -0.3 is 0 Å². The van der Waals surface area contributed by atoms with Crippen LogP contribution in [-0.2, 0) is 4.79 Å². The lowest BCUT2D eigenvalue weighted by molar-refractivity contribution is -0.124. The van der Waals surface area contributed by atoms with Crippen molar-refractivity contribution in [3.05, 3.63) is 36.0 Å². The van der Waals surface area contributed by atoms with Crippen molar-refractivity contribution >= 4 is 5.78 Å². The minimum Gasteiger partial charge on any atom is -0.299 e. The summed E-state index contributed by atoms with van der Waals surface area (Å²) < 4.78 is 0. The Morgan fingerprint density at radius 1 is 0.830 bits per heavy atom. The average Bonchev–Trinajstić information content (AvgIpc) is 3.44. The molecule has 0 spiro atoms. The highest BCUT2D eigenvalue weighted by atomic mass is 16.1. The molecule has 270 valence electrons. The lowest BCUT2D eigenvalue weighted by Crippen LogP contribution is -2.39. The Balaban J connectivity index is 1.30. The second kappa shape index (κ2) is 21.9. The van der Waals surface area contributed by atoms with Gasteiger partial charge in [0.25, 0.3) is 0 Å². The molecule has 0 aliphatic heterocycles. The van der Waals surface area contributed by atoms with Gasteiger partial charge in [0.15, 0.2) is 0 Å². The minimum absolute atomic E-state index is 0.300. The molecule has 2 saturated carbocycles. The first-order valence-corrected chi connectivity index (χ1v) is 21.2. The molecular weight excluding hydrogens is 569 g/mol. The van der Waals surface area contributed by atoms with Crippen LogP contribution in [0.2, 0.25) is 0 Å². The maximum absolute atomic E-state index is 13.3. The Labute approximate surface area is 294 Å². The van der Waals surface area contributed by atoms with Gasteiger partial charge in [-0.1, -0.05) is 142 Å². The second-order valence-electron chi connectivity index (χ2n) is 17.7. The molecule has 0 aromatic carbocycles. The summed E-state index contributed by atoms with van der Waals surface area (Å²) in [7, 11) is 0. The predicted molar refractivity (Wildman–Crippen MR) is 208 cm³/mol. The van der Waals surface area contributed by atoms with Crippen LogP contribution in [0.3, 0.4) is 0 Å². The van der Waals surface area contributed by atoms with Crippen molar-refractivity contribution in [3.63, 3.8) is 0 Å². The molecule has 0 saturated heterocycles. The van der Waals surface area contributed by atoms with Crippen LogP contribution in [0.5, 0.6) is 0 Å². The molecule has 6 atom stereocenters. The van der Waals surface area contributed by atoms with Gasteiger partial charge in [-0.25, -0.2) is 0 Å². The van der Waals surface area contributed by atoms with Crippen molar-refractivity contribution in [3.8, 4) is 0 Å². The number of carbonyl (C=O) groups excluding carboxylic acids is 1. The molecule has 0 aromatic heterocycles. The molecule has 2 fully saturated rings. The van der Waals surface area contributed by atoms with E-state index >= 15 is 0 Å². The van der Waals surface area contributed by atoms with Gasteiger partial charge in [-0.05, 0) is 131 Å². The Morgan fingerprint density at radius 2 is 1.53 bits per heavy atom. The number of hydrogen-bond donors (Lipinski definition) is 0. The molecule has 1 unspecified atom stereocenters. The molecule has 0 bridgehead atoms. The van der Waals surface area contributed by atoms with E-state index in [-0.39, 0.29) is 0 Å². The maximum atomic E-state index is 13.3. The van der Waals surface area contributed by atoms with Crippen LogP contribution in [-0.4, -0.2) is 5.78 Å². The maximum Gasteiger partial charge on any atom is 0.136 e. The number of rotatable bonds is 24. The SMILES string of the molecule is CCCCC/C=C\C/C=C\CCCCCCCCC(=O)[C@H]1CC[C@@]2(C)C(=CCCC2CC[C@@]2(C)CCC[C@@H]2[C@H](C)CCCC(C)C)C1. The number of hydrogen-bond acceptors (Lipinski definition) is 1. The van der Waals surface area contributed by atoms with Gasteiger partial charge in [-0.2, -0.15) is 0 Å². The van der Waals surface area contributed by atoms with Crippen LogP contribution in [0.15, 0.2) is 36.0 Å². The van der Waals surface area contributed by atoms with Crippen LogP contribution in [0, 0.1) is 40.4 Å². The highest BCUT2D eigenvalue weighted by Gasteiger charge is 2.46. The quantitative estimate of drug-likeness (QED) is 0.0752. The summed E-state index contributed by atoms with van der Waals surface area (Å²) in [5.74, 6) is 4.34. The Morgan fingerprint density at radius 3 is 2.26 bits per heavy atom. The molecule has 0 heterocycles. The van der Waals surface area contributed by atoms with Gasteiger partial charge in [0.2, 0.25) is 0 Å². The van der Waals surface area contributed by atoms with E-state index in [1.54, 1.807) is 5.57 Å². The molecule has 47 heavy (non-hydrogen) atoms. The standard InChI is InChI=1S/C46H80O/c1-7-8-9-10-11-12-13-14-15-16-17-18-19-20-21-22-31-44(47)40-32-36-46(6)41(28-24-29-42(46)37-40)33-35-45(5)34-25-30-43(45)39(4)27-23-26-38(2)3/h11-12,14-15,29,38-41,43H,7-10,13,16-28,30-37H2,1-6H3/b12-11-,15-14-/t39-,40+,41?,43-,45-,46-/m1/s1. The van der Waals surface area contributed by atoms with Crippen molar-refractivity contribution in [2.75, 3.05) is 0 Å². The zero-order valence-electron chi connectivity index (χ0n) is 32.6. The van der Waals surface area contributed by atoms with Crippen molar-refractivity contribution < 1.29 is 4.79 Å². The molecule has 3 aliphatic rings. The van der Waals surface area contributed by atoms with Crippen molar-refractivity contribution in [2.45, 2.75) is 208 Å². The third-order valence-corrected chi connectivity index (χ3v) is 13.4. The summed E-state index contributed by atoms with van der Waals surface area (Å²) in [5, 5.41) is 0. The second-order valence-corrected chi connectivity index (χ2v) is 17.7. The largest absolute Gasteiger partial charge is 0.299 e. The number of unbranched alkanes of at least 4 members (excludes halogenated alkanes) is 9. The van der Waals surface area contributed by atoms with Crippen LogP contribution < -0.4 is 0 Å². The van der Waals surface area contributed by atoms with Crippen molar-refractivity contribution in [1.29, 1.82) is 0 Å². The van der Waals surface area contributed by atoms with E-state index < -0.39 is 0 Å². The number of Topliss-reactive ketones (excluding diaryl/α,β-unsaturated/α-hetero) is 1. The van der Waals surface area contributed by atoms with E-state index in [1.807, 2.05) is 0 Å². The molecule has 0 aromatic rings. The van der Waals surface area contributed by atoms with E-state index in [0.29, 0.717) is 22.5 Å². The number of ketones is 1. The number of fused-ring (bicyclic) bond motifs is 1. The van der Waals surface area contributed by atoms with Crippen LogP contribution in [0.1, 0.15) is 208 Å². The van der Waals surface area contributed by atoms with Gasteiger partial charge in [0.1, 0.15) is 5.78 Å². The van der Waals surface area contributed by atoms with Gasteiger partial charge in [-0.3, -0.25) is 4.79 Å². The summed E-state index contributed by atoms with van der Waals surface area (Å²) in [5.41, 5.74) is 2.57. The Hall–Kier alpha value is -1.11. The molecule has 3 aliphatic carbocycles. The Bertz CT molecular complexity index is 952. The van der Waals surface area contributed by atoms with Crippen LogP contribution in [0.4, 0.5) is 0 Å². The summed E-state index contributed by atoms with van der Waals surface area (Å²) in [4.78, 5) is 13.3. The first kappa shape index (κ1) is 40.3. The fourth-order valence-corrected chi connectivity index (χ4v) is 10.1. The molecular formula is C46H80O. The van der Waals surface area contributed by atoms with E-state index in [9.17, 15) is 4.79 Å². The highest BCUT2D eigenvalue weighted by molar-refractivity contribution is 5.81. The van der Waals surface area contributed by atoms with Gasteiger partial charge in [0, 0.05) is 12.3 Å². The van der Waals surface area contributed by atoms with Crippen molar-refractivity contribution in [1.82, 2.24) is 0 Å². The fraction of sp³-hybridized carbons (Fsp3) is 0.848. The zero-order valence-corrected chi connectivity index (χ0v) is 32.6. The fourth-order valence-electron chi connectivity index (χ4n) is 10.1. The topological polar surface area (TPSA) is 17.1 Å². The zero-order chi connectivity index (χ0) is 34.0. The molecule has 1 nitrogen and oxygen atoms in total. The van der Waals surface area contributed by atoms with Crippen LogP contribution >= 0.6 is 0 Å². The third kappa shape index (κ3) is 13.6. The summed E-state index contributed by atoms with van der Waals surface area (Å²) >= 11 is 0. The molecule has 1 heteroatoms. The molecule has 0 radical (unpaired) electrons. The number of carbonyl (C=O) groups is 1. The van der Waals surface area contributed by atoms with E-state index in [4.69, 9.17) is 0 Å². The smallest absolute Gasteiger partial charge is 0.136 e. The Kier molecular flexibility index (Phi) is 18.8. The monoisotopic (exact) mass is 649 g/mol. The molecule has 0 N–H and O–H groups in total. The summed E-state index contributed by atoms with van der Waals surface area (Å²) in [6, 6.07) is 0. The van der Waals surface area contributed by atoms with Crippen LogP contribution in [0.25, 0.3) is 0 Å². The van der Waals surface area contributed by atoms with Crippen molar-refractivity contribution in [2.24, 2.45) is 40.4 Å². The lowest BCUT2D eigenvalue weighted by atomic mass is 9.56. The average molecular weight is 649 g/mol. The highest BCUT2D eigenvalue weighted by Crippen LogP contribution is 2.57. The van der Waals surface area contributed by atoms with Gasteiger partial charge >= 0.3 is 0 Å².